The third kappa shape index (κ3) is 2.33. The van der Waals surface area contributed by atoms with E-state index in [0.29, 0.717) is 23.5 Å². The van der Waals surface area contributed by atoms with Gasteiger partial charge in [-0.3, -0.25) is 4.79 Å². The minimum absolute atomic E-state index is 0.0666. The van der Waals surface area contributed by atoms with Gasteiger partial charge in [0.05, 0.1) is 0 Å². The Balaban J connectivity index is 1.63. The van der Waals surface area contributed by atoms with Crippen LogP contribution in [-0.2, 0) is 16.0 Å². The van der Waals surface area contributed by atoms with E-state index in [1.54, 1.807) is 6.08 Å². The highest BCUT2D eigenvalue weighted by Crippen LogP contribution is 2.59. The van der Waals surface area contributed by atoms with E-state index in [4.69, 9.17) is 5.11 Å². The zero-order valence-electron chi connectivity index (χ0n) is 14.1. The predicted octanol–water partition coefficient (Wildman–Crippen LogP) is 4.21. The summed E-state index contributed by atoms with van der Waals surface area (Å²) in [5.74, 6) is 1.36. The predicted molar refractivity (Wildman–Crippen MR) is 92.7 cm³/mol. The summed E-state index contributed by atoms with van der Waals surface area (Å²) in [6.07, 6.45) is 9.06. The molecular weight excluding hydrogens is 300 g/mol. The van der Waals surface area contributed by atoms with Crippen molar-refractivity contribution in [3.8, 4) is 0 Å². The Bertz CT molecular complexity index is 733. The fraction of sp³-hybridized carbons (Fsp3) is 0.524. The molecule has 1 N–H and O–H groups in total. The summed E-state index contributed by atoms with van der Waals surface area (Å²) in [4.78, 5) is 23.1. The third-order valence-corrected chi connectivity index (χ3v) is 6.88. The molecule has 126 valence electrons. The highest BCUT2D eigenvalue weighted by Gasteiger charge is 2.54. The maximum atomic E-state index is 12.4. The molecule has 0 radical (unpaired) electrons. The second-order valence-corrected chi connectivity index (χ2v) is 7.96. The third-order valence-electron chi connectivity index (χ3n) is 6.88. The molecule has 1 aromatic rings. The van der Waals surface area contributed by atoms with Gasteiger partial charge >= 0.3 is 5.97 Å². The van der Waals surface area contributed by atoms with Crippen molar-refractivity contribution in [1.82, 2.24) is 0 Å². The van der Waals surface area contributed by atoms with Crippen LogP contribution in [0.25, 0.3) is 6.08 Å². The van der Waals surface area contributed by atoms with E-state index in [9.17, 15) is 9.59 Å². The zero-order valence-corrected chi connectivity index (χ0v) is 14.1. The molecule has 3 nitrogen and oxygen atoms in total. The minimum atomic E-state index is -0.912. The number of carboxylic acids is 1. The molecule has 1 aromatic carbocycles. The van der Waals surface area contributed by atoms with Gasteiger partial charge in [-0.1, -0.05) is 25.1 Å². The van der Waals surface area contributed by atoms with Crippen LogP contribution < -0.4 is 0 Å². The molecule has 0 unspecified atom stereocenters. The molecule has 2 fully saturated rings. The van der Waals surface area contributed by atoms with Gasteiger partial charge in [0, 0.05) is 17.9 Å². The van der Waals surface area contributed by atoms with Gasteiger partial charge in [0.25, 0.3) is 0 Å². The number of aryl methyl sites for hydroxylation is 1. The zero-order chi connectivity index (χ0) is 16.9. The molecule has 4 rings (SSSR count). The second kappa shape index (κ2) is 5.58. The van der Waals surface area contributed by atoms with Crippen LogP contribution in [0.5, 0.6) is 0 Å². The number of ketones is 1. The van der Waals surface area contributed by atoms with E-state index >= 15 is 0 Å². The molecule has 0 amide bonds. The molecule has 2 saturated carbocycles. The van der Waals surface area contributed by atoms with E-state index < -0.39 is 5.97 Å². The van der Waals surface area contributed by atoms with Crippen molar-refractivity contribution in [1.29, 1.82) is 0 Å². The number of carbonyl (C=O) groups excluding carboxylic acids is 1. The van der Waals surface area contributed by atoms with Gasteiger partial charge in [0.1, 0.15) is 5.78 Å². The number of carbonyl (C=O) groups is 2. The summed E-state index contributed by atoms with van der Waals surface area (Å²) in [6, 6.07) is 6.39. The molecule has 0 spiro atoms. The van der Waals surface area contributed by atoms with Crippen LogP contribution in [0.4, 0.5) is 0 Å². The highest BCUT2D eigenvalue weighted by atomic mass is 16.4. The van der Waals surface area contributed by atoms with Crippen molar-refractivity contribution < 1.29 is 14.7 Å². The van der Waals surface area contributed by atoms with Crippen LogP contribution in [0.2, 0.25) is 0 Å². The minimum Gasteiger partial charge on any atom is -0.478 e. The Hall–Kier alpha value is -1.90. The van der Waals surface area contributed by atoms with E-state index in [-0.39, 0.29) is 5.41 Å². The van der Waals surface area contributed by atoms with Crippen LogP contribution in [0.3, 0.4) is 0 Å². The number of hydrogen-bond donors (Lipinski definition) is 1. The van der Waals surface area contributed by atoms with Crippen LogP contribution in [0.15, 0.2) is 24.3 Å². The molecule has 3 heteroatoms. The van der Waals surface area contributed by atoms with Crippen LogP contribution in [0.1, 0.15) is 61.6 Å². The molecular formula is C21H24O3. The van der Waals surface area contributed by atoms with Crippen molar-refractivity contribution in [2.24, 2.45) is 17.3 Å². The summed E-state index contributed by atoms with van der Waals surface area (Å²) < 4.78 is 0. The normalized spacial score (nSPS) is 34.7. The molecule has 0 aliphatic heterocycles. The maximum Gasteiger partial charge on any atom is 0.328 e. The van der Waals surface area contributed by atoms with Gasteiger partial charge in [-0.15, -0.1) is 0 Å². The lowest BCUT2D eigenvalue weighted by Crippen LogP contribution is -2.42. The number of Topliss-reactive ketones (excluding diaryl/α,β-unsaturated/α-hetero) is 1. The van der Waals surface area contributed by atoms with Gasteiger partial charge in [-0.25, -0.2) is 4.79 Å². The first-order valence-electron chi connectivity index (χ1n) is 9.06. The number of fused-ring (bicyclic) bond motifs is 5. The van der Waals surface area contributed by atoms with Crippen LogP contribution in [-0.4, -0.2) is 16.9 Å². The first kappa shape index (κ1) is 15.6. The number of carboxylic acid groups (broad SMARTS) is 1. The Morgan fingerprint density at radius 2 is 2.08 bits per heavy atom. The monoisotopic (exact) mass is 324 g/mol. The Morgan fingerprint density at radius 3 is 2.88 bits per heavy atom. The number of hydrogen-bond acceptors (Lipinski definition) is 2. The summed E-state index contributed by atoms with van der Waals surface area (Å²) in [5.41, 5.74) is 3.71. The van der Waals surface area contributed by atoms with Crippen LogP contribution >= 0.6 is 0 Å². The van der Waals surface area contributed by atoms with E-state index in [1.165, 1.54) is 17.2 Å². The average molecular weight is 324 g/mol. The first-order chi connectivity index (χ1) is 11.5. The topological polar surface area (TPSA) is 54.4 Å². The van der Waals surface area contributed by atoms with Crippen molar-refractivity contribution in [2.75, 3.05) is 0 Å². The fourth-order valence-electron chi connectivity index (χ4n) is 5.64. The molecule has 0 bridgehead atoms. The van der Waals surface area contributed by atoms with Gasteiger partial charge in [0.15, 0.2) is 0 Å². The smallest absolute Gasteiger partial charge is 0.328 e. The second-order valence-electron chi connectivity index (χ2n) is 7.96. The highest BCUT2D eigenvalue weighted by molar-refractivity contribution is 5.87. The number of rotatable bonds is 2. The molecule has 4 atom stereocenters. The van der Waals surface area contributed by atoms with E-state index in [1.807, 2.05) is 6.07 Å². The summed E-state index contributed by atoms with van der Waals surface area (Å²) in [7, 11) is 0. The molecule has 0 aromatic heterocycles. The number of aliphatic carboxylic acids is 1. The Labute approximate surface area is 142 Å². The van der Waals surface area contributed by atoms with Gasteiger partial charge in [-0.05, 0) is 72.6 Å². The first-order valence-corrected chi connectivity index (χ1v) is 9.06. The number of benzene rings is 1. The van der Waals surface area contributed by atoms with E-state index in [0.717, 1.165) is 44.1 Å². The molecule has 0 saturated heterocycles. The Morgan fingerprint density at radius 1 is 1.25 bits per heavy atom. The van der Waals surface area contributed by atoms with Crippen molar-refractivity contribution in [2.45, 2.75) is 51.4 Å². The summed E-state index contributed by atoms with van der Waals surface area (Å²) >= 11 is 0. The van der Waals surface area contributed by atoms with Crippen molar-refractivity contribution in [3.05, 3.63) is 41.0 Å². The van der Waals surface area contributed by atoms with Crippen LogP contribution in [0, 0.1) is 17.3 Å². The lowest BCUT2D eigenvalue weighted by Gasteiger charge is -2.48. The van der Waals surface area contributed by atoms with Crippen molar-refractivity contribution >= 4 is 17.8 Å². The molecule has 3 aliphatic carbocycles. The van der Waals surface area contributed by atoms with Crippen molar-refractivity contribution in [3.63, 3.8) is 0 Å². The van der Waals surface area contributed by atoms with Gasteiger partial charge in [0.2, 0.25) is 0 Å². The SMILES string of the molecule is C[C@]12CC[C@@H]3c4ccc(C=CC(=O)O)cc4CC[C@H]3[C@@H]1CCC2=O. The maximum absolute atomic E-state index is 12.4. The lowest BCUT2D eigenvalue weighted by atomic mass is 9.55. The standard InChI is InChI=1S/C21H24O3/c1-21-11-10-16-15-5-2-13(3-9-20(23)24)12-14(15)4-6-17(16)18(21)7-8-19(21)22/h2-3,5,9,12,16-18H,4,6-8,10-11H2,1H3,(H,23,24)/t16-,17-,18+,21+/m1/s1. The molecule has 3 aliphatic rings. The Kier molecular flexibility index (Phi) is 3.63. The quantitative estimate of drug-likeness (QED) is 0.829. The lowest BCUT2D eigenvalue weighted by molar-refractivity contribution is -0.131. The average Bonchev–Trinajstić information content (AvgIpc) is 2.88. The molecule has 24 heavy (non-hydrogen) atoms. The summed E-state index contributed by atoms with van der Waals surface area (Å²) in [6.45, 7) is 2.21. The summed E-state index contributed by atoms with van der Waals surface area (Å²) in [5, 5.41) is 8.79. The van der Waals surface area contributed by atoms with Gasteiger partial charge in [-0.2, -0.15) is 0 Å². The van der Waals surface area contributed by atoms with E-state index in [2.05, 4.69) is 19.1 Å². The van der Waals surface area contributed by atoms with Gasteiger partial charge < -0.3 is 5.11 Å². The molecule has 0 heterocycles. The fourth-order valence-corrected chi connectivity index (χ4v) is 5.64. The largest absolute Gasteiger partial charge is 0.478 e.